The van der Waals surface area contributed by atoms with Crippen LogP contribution in [0.5, 0.6) is 0 Å². The first kappa shape index (κ1) is 12.6. The van der Waals surface area contributed by atoms with Crippen LogP contribution in [0.3, 0.4) is 0 Å². The first-order valence-corrected chi connectivity index (χ1v) is 6.65. The van der Waals surface area contributed by atoms with Crippen molar-refractivity contribution in [3.05, 3.63) is 51.7 Å². The smallest absolute Gasteiger partial charge is 0.338 e. The average Bonchev–Trinajstić information content (AvgIpc) is 2.80. The van der Waals surface area contributed by atoms with Gasteiger partial charge < -0.3 is 10.5 Å². The van der Waals surface area contributed by atoms with E-state index in [0.29, 0.717) is 17.9 Å². The molecule has 2 aromatic rings. The Hall–Kier alpha value is -1.81. The summed E-state index contributed by atoms with van der Waals surface area (Å²) < 4.78 is 5.22. The Balaban J connectivity index is 1.91. The Bertz CT molecular complexity index is 514. The highest BCUT2D eigenvalue weighted by Crippen LogP contribution is 2.13. The summed E-state index contributed by atoms with van der Waals surface area (Å²) in [6.45, 7) is 2.29. The minimum atomic E-state index is -0.319. The number of hydrogen-bond acceptors (Lipinski definition) is 4. The van der Waals surface area contributed by atoms with E-state index in [1.807, 2.05) is 24.4 Å². The van der Waals surface area contributed by atoms with E-state index in [0.717, 1.165) is 12.0 Å². The predicted molar refractivity (Wildman–Crippen MR) is 73.9 cm³/mol. The molecule has 2 rings (SSSR count). The SMILES string of the molecule is Cc1cc(N)cc(C(=O)OCCc2ccsc2)c1. The van der Waals surface area contributed by atoms with Gasteiger partial charge in [0.25, 0.3) is 0 Å². The summed E-state index contributed by atoms with van der Waals surface area (Å²) in [6.07, 6.45) is 0.747. The second-order valence-electron chi connectivity index (χ2n) is 4.15. The van der Waals surface area contributed by atoms with Crippen molar-refractivity contribution in [3.8, 4) is 0 Å². The van der Waals surface area contributed by atoms with E-state index < -0.39 is 0 Å². The van der Waals surface area contributed by atoms with Gasteiger partial charge in [0.1, 0.15) is 0 Å². The minimum absolute atomic E-state index is 0.319. The van der Waals surface area contributed by atoms with Crippen molar-refractivity contribution in [1.29, 1.82) is 0 Å². The van der Waals surface area contributed by atoms with Crippen LogP contribution >= 0.6 is 11.3 Å². The van der Waals surface area contributed by atoms with Crippen LogP contribution in [0.1, 0.15) is 21.5 Å². The lowest BCUT2D eigenvalue weighted by atomic mass is 10.1. The van der Waals surface area contributed by atoms with Crippen LogP contribution in [0.15, 0.2) is 35.0 Å². The summed E-state index contributed by atoms with van der Waals surface area (Å²) >= 11 is 1.64. The highest BCUT2D eigenvalue weighted by atomic mass is 32.1. The molecule has 1 aromatic carbocycles. The fraction of sp³-hybridized carbons (Fsp3) is 0.214. The van der Waals surface area contributed by atoms with E-state index in [4.69, 9.17) is 10.5 Å². The normalized spacial score (nSPS) is 10.3. The van der Waals surface area contributed by atoms with Gasteiger partial charge in [0, 0.05) is 12.1 Å². The topological polar surface area (TPSA) is 52.3 Å². The monoisotopic (exact) mass is 261 g/mol. The molecule has 2 N–H and O–H groups in total. The first-order chi connectivity index (χ1) is 8.65. The number of hydrogen-bond donors (Lipinski definition) is 1. The van der Waals surface area contributed by atoms with Gasteiger partial charge in [-0.2, -0.15) is 11.3 Å². The van der Waals surface area contributed by atoms with Crippen molar-refractivity contribution in [2.75, 3.05) is 12.3 Å². The van der Waals surface area contributed by atoms with E-state index in [1.165, 1.54) is 5.56 Å². The third-order valence-corrected chi connectivity index (χ3v) is 3.27. The number of aryl methyl sites for hydroxylation is 1. The Morgan fingerprint density at radius 1 is 1.39 bits per heavy atom. The Morgan fingerprint density at radius 2 is 2.22 bits per heavy atom. The van der Waals surface area contributed by atoms with E-state index in [9.17, 15) is 4.79 Å². The number of thiophene rings is 1. The highest BCUT2D eigenvalue weighted by Gasteiger charge is 2.08. The fourth-order valence-electron chi connectivity index (χ4n) is 1.71. The molecule has 0 radical (unpaired) electrons. The molecule has 1 aromatic heterocycles. The molecule has 18 heavy (non-hydrogen) atoms. The standard InChI is InChI=1S/C14H15NO2S/c1-10-6-12(8-13(15)7-10)14(16)17-4-2-11-3-5-18-9-11/h3,5-9H,2,4,15H2,1H3. The van der Waals surface area contributed by atoms with Gasteiger partial charge in [0.15, 0.2) is 0 Å². The molecular weight excluding hydrogens is 246 g/mol. The van der Waals surface area contributed by atoms with Crippen LogP contribution in [-0.4, -0.2) is 12.6 Å². The molecule has 0 amide bonds. The van der Waals surface area contributed by atoms with Gasteiger partial charge in [-0.1, -0.05) is 0 Å². The van der Waals surface area contributed by atoms with E-state index >= 15 is 0 Å². The zero-order valence-corrected chi connectivity index (χ0v) is 11.0. The summed E-state index contributed by atoms with van der Waals surface area (Å²) in [5, 5.41) is 4.07. The van der Waals surface area contributed by atoms with Crippen molar-refractivity contribution in [2.24, 2.45) is 0 Å². The van der Waals surface area contributed by atoms with Crippen molar-refractivity contribution in [1.82, 2.24) is 0 Å². The number of nitrogen functional groups attached to an aromatic ring is 1. The van der Waals surface area contributed by atoms with Gasteiger partial charge in [0.05, 0.1) is 12.2 Å². The van der Waals surface area contributed by atoms with E-state index in [-0.39, 0.29) is 5.97 Å². The molecule has 0 unspecified atom stereocenters. The van der Waals surface area contributed by atoms with E-state index in [1.54, 1.807) is 23.5 Å². The molecule has 0 fully saturated rings. The van der Waals surface area contributed by atoms with E-state index in [2.05, 4.69) is 5.38 Å². The molecule has 0 aliphatic heterocycles. The molecule has 0 spiro atoms. The Kier molecular flexibility index (Phi) is 3.99. The Morgan fingerprint density at radius 3 is 2.89 bits per heavy atom. The van der Waals surface area contributed by atoms with Crippen LogP contribution in [0.4, 0.5) is 5.69 Å². The number of nitrogens with two attached hydrogens (primary N) is 1. The largest absolute Gasteiger partial charge is 0.462 e. The van der Waals surface area contributed by atoms with Crippen molar-refractivity contribution in [3.63, 3.8) is 0 Å². The summed E-state index contributed by atoms with van der Waals surface area (Å²) in [6, 6.07) is 7.27. The third-order valence-electron chi connectivity index (χ3n) is 2.54. The number of rotatable bonds is 4. The maximum Gasteiger partial charge on any atom is 0.338 e. The first-order valence-electron chi connectivity index (χ1n) is 5.70. The van der Waals surface area contributed by atoms with Crippen molar-refractivity contribution >= 4 is 23.0 Å². The molecule has 0 bridgehead atoms. The fourth-order valence-corrected chi connectivity index (χ4v) is 2.41. The number of anilines is 1. The summed E-state index contributed by atoms with van der Waals surface area (Å²) in [5.74, 6) is -0.319. The summed E-state index contributed by atoms with van der Waals surface area (Å²) in [5.41, 5.74) is 8.94. The van der Waals surface area contributed by atoms with Crippen LogP contribution in [0.25, 0.3) is 0 Å². The quantitative estimate of drug-likeness (QED) is 0.680. The molecule has 3 nitrogen and oxygen atoms in total. The maximum atomic E-state index is 11.8. The molecule has 0 saturated heterocycles. The zero-order chi connectivity index (χ0) is 13.0. The van der Waals surface area contributed by atoms with Gasteiger partial charge in [-0.25, -0.2) is 4.79 Å². The average molecular weight is 261 g/mol. The minimum Gasteiger partial charge on any atom is -0.462 e. The number of benzene rings is 1. The molecule has 0 aliphatic rings. The maximum absolute atomic E-state index is 11.8. The van der Waals surface area contributed by atoms with Crippen LogP contribution < -0.4 is 5.73 Å². The lowest BCUT2D eigenvalue weighted by Crippen LogP contribution is -2.08. The van der Waals surface area contributed by atoms with Crippen LogP contribution in [-0.2, 0) is 11.2 Å². The summed E-state index contributed by atoms with van der Waals surface area (Å²) in [7, 11) is 0. The highest BCUT2D eigenvalue weighted by molar-refractivity contribution is 7.07. The van der Waals surface area contributed by atoms with Gasteiger partial charge in [-0.15, -0.1) is 0 Å². The van der Waals surface area contributed by atoms with Crippen molar-refractivity contribution < 1.29 is 9.53 Å². The van der Waals surface area contributed by atoms with Crippen molar-refractivity contribution in [2.45, 2.75) is 13.3 Å². The molecule has 0 aliphatic carbocycles. The third kappa shape index (κ3) is 3.34. The van der Waals surface area contributed by atoms with Gasteiger partial charge in [0.2, 0.25) is 0 Å². The zero-order valence-electron chi connectivity index (χ0n) is 10.2. The number of carbonyl (C=O) groups excluding carboxylic acids is 1. The second kappa shape index (κ2) is 5.69. The lowest BCUT2D eigenvalue weighted by molar-refractivity contribution is 0.0509. The Labute approximate surface area is 110 Å². The van der Waals surface area contributed by atoms with Gasteiger partial charge >= 0.3 is 5.97 Å². The summed E-state index contributed by atoms with van der Waals surface area (Å²) in [4.78, 5) is 11.8. The van der Waals surface area contributed by atoms with Crippen LogP contribution in [0, 0.1) is 6.92 Å². The molecule has 94 valence electrons. The lowest BCUT2D eigenvalue weighted by Gasteiger charge is -2.06. The van der Waals surface area contributed by atoms with Gasteiger partial charge in [-0.3, -0.25) is 0 Å². The molecule has 0 saturated carbocycles. The number of ether oxygens (including phenoxy) is 1. The number of esters is 1. The van der Waals surface area contributed by atoms with Crippen LogP contribution in [0.2, 0.25) is 0 Å². The molecular formula is C14H15NO2S. The molecule has 1 heterocycles. The second-order valence-corrected chi connectivity index (χ2v) is 4.93. The molecule has 0 atom stereocenters. The predicted octanol–water partition coefficient (Wildman–Crippen LogP) is 3.04. The number of carbonyl (C=O) groups is 1. The van der Waals surface area contributed by atoms with Gasteiger partial charge in [-0.05, 0) is 53.1 Å². The molecule has 4 heteroatoms.